The van der Waals surface area contributed by atoms with Gasteiger partial charge in [-0.05, 0) is 15.9 Å². The Labute approximate surface area is 71.0 Å². The van der Waals surface area contributed by atoms with Crippen molar-refractivity contribution >= 4 is 15.9 Å². The molecule has 0 unspecified atom stereocenters. The number of hydrogen-bond acceptors (Lipinski definition) is 3. The molecule has 0 amide bonds. The Bertz CT molecular complexity index is 352. The minimum Gasteiger partial charge on any atom is -0.312 e. The van der Waals surface area contributed by atoms with Gasteiger partial charge in [-0.15, -0.1) is 0 Å². The van der Waals surface area contributed by atoms with E-state index in [2.05, 4.69) is 25.9 Å². The minimum absolute atomic E-state index is 0.143. The Morgan fingerprint density at radius 2 is 2.55 bits per heavy atom. The summed E-state index contributed by atoms with van der Waals surface area (Å²) in [5.41, 5.74) is 0.210. The maximum atomic E-state index is 10.9. The first-order valence-corrected chi connectivity index (χ1v) is 3.64. The maximum absolute atomic E-state index is 10.9. The Kier molecular flexibility index (Phi) is 2.39. The van der Waals surface area contributed by atoms with Crippen LogP contribution in [0.1, 0.15) is 5.69 Å². The summed E-state index contributed by atoms with van der Waals surface area (Å²) < 4.78 is 0.335. The summed E-state index contributed by atoms with van der Waals surface area (Å²) in [5, 5.41) is 8.31. The van der Waals surface area contributed by atoms with Crippen LogP contribution in [0.3, 0.4) is 0 Å². The molecule has 0 aliphatic carbocycles. The third-order valence-corrected chi connectivity index (χ3v) is 1.93. The van der Waals surface area contributed by atoms with E-state index in [0.717, 1.165) is 0 Å². The lowest BCUT2D eigenvalue weighted by Crippen LogP contribution is -2.10. The molecule has 0 fully saturated rings. The highest BCUT2D eigenvalue weighted by molar-refractivity contribution is 9.10. The lowest BCUT2D eigenvalue weighted by atomic mass is 10.3. The first-order chi connectivity index (χ1) is 5.25. The van der Waals surface area contributed by atoms with Gasteiger partial charge in [0.15, 0.2) is 0 Å². The number of nitriles is 1. The topological polar surface area (TPSA) is 69.5 Å². The zero-order valence-corrected chi connectivity index (χ0v) is 7.05. The standard InChI is InChI=1S/C6H4BrN3O/c7-5-4(1-2-8)9-3-10-6(5)11/h3H,1H2,(H,9,10,11). The van der Waals surface area contributed by atoms with Crippen LogP contribution >= 0.6 is 15.9 Å². The van der Waals surface area contributed by atoms with E-state index in [1.54, 1.807) is 0 Å². The van der Waals surface area contributed by atoms with Gasteiger partial charge in [0, 0.05) is 0 Å². The van der Waals surface area contributed by atoms with E-state index in [0.29, 0.717) is 10.2 Å². The molecule has 0 bridgehead atoms. The van der Waals surface area contributed by atoms with Crippen molar-refractivity contribution in [1.29, 1.82) is 5.26 Å². The number of hydrogen-bond donors (Lipinski definition) is 1. The zero-order valence-electron chi connectivity index (χ0n) is 5.47. The molecule has 1 aromatic heterocycles. The van der Waals surface area contributed by atoms with Crippen LogP contribution in [0.5, 0.6) is 0 Å². The number of halogens is 1. The summed E-state index contributed by atoms with van der Waals surface area (Å²) in [6.45, 7) is 0. The predicted molar refractivity (Wildman–Crippen MR) is 41.9 cm³/mol. The molecular weight excluding hydrogens is 210 g/mol. The number of nitrogens with one attached hydrogen (secondary N) is 1. The van der Waals surface area contributed by atoms with Crippen LogP contribution in [0.15, 0.2) is 15.6 Å². The highest BCUT2D eigenvalue weighted by atomic mass is 79.9. The van der Waals surface area contributed by atoms with Crippen LogP contribution in [-0.4, -0.2) is 9.97 Å². The number of aromatic nitrogens is 2. The van der Waals surface area contributed by atoms with E-state index in [1.165, 1.54) is 6.33 Å². The van der Waals surface area contributed by atoms with Crippen molar-refractivity contribution in [2.75, 3.05) is 0 Å². The minimum atomic E-state index is -0.259. The van der Waals surface area contributed by atoms with Crippen LogP contribution in [0.4, 0.5) is 0 Å². The first kappa shape index (κ1) is 7.95. The SMILES string of the molecule is N#CCc1nc[nH]c(=O)c1Br. The molecular formula is C6H4BrN3O. The molecule has 1 rings (SSSR count). The molecule has 0 saturated heterocycles. The third-order valence-electron chi connectivity index (χ3n) is 1.12. The van der Waals surface area contributed by atoms with E-state index in [1.807, 2.05) is 6.07 Å². The average molecular weight is 214 g/mol. The second-order valence-corrected chi connectivity index (χ2v) is 2.62. The van der Waals surface area contributed by atoms with Gasteiger partial charge in [0.05, 0.1) is 24.5 Å². The normalized spacial score (nSPS) is 9.09. The fourth-order valence-electron chi connectivity index (χ4n) is 0.618. The second-order valence-electron chi connectivity index (χ2n) is 1.83. The summed E-state index contributed by atoms with van der Waals surface area (Å²) >= 11 is 3.02. The average Bonchev–Trinajstić information content (AvgIpc) is 1.99. The van der Waals surface area contributed by atoms with Gasteiger partial charge in [-0.1, -0.05) is 0 Å². The van der Waals surface area contributed by atoms with Crippen LogP contribution in [-0.2, 0) is 6.42 Å². The molecule has 0 aliphatic heterocycles. The predicted octanol–water partition coefficient (Wildman–Crippen LogP) is 0.598. The molecule has 0 atom stereocenters. The van der Waals surface area contributed by atoms with Gasteiger partial charge in [0.25, 0.3) is 5.56 Å². The summed E-state index contributed by atoms with van der Waals surface area (Å²) in [5.74, 6) is 0. The molecule has 56 valence electrons. The molecule has 5 heteroatoms. The molecule has 11 heavy (non-hydrogen) atoms. The first-order valence-electron chi connectivity index (χ1n) is 2.84. The smallest absolute Gasteiger partial charge is 0.265 e. The van der Waals surface area contributed by atoms with Gasteiger partial charge in [-0.2, -0.15) is 5.26 Å². The van der Waals surface area contributed by atoms with Crippen molar-refractivity contribution in [3.8, 4) is 6.07 Å². The molecule has 0 saturated carbocycles. The molecule has 0 radical (unpaired) electrons. The maximum Gasteiger partial charge on any atom is 0.265 e. The molecule has 1 N–H and O–H groups in total. The molecule has 4 nitrogen and oxygen atoms in total. The Hall–Kier alpha value is -1.15. The molecule has 1 aromatic rings. The summed E-state index contributed by atoms with van der Waals surface area (Å²) in [7, 11) is 0. The highest BCUT2D eigenvalue weighted by Gasteiger charge is 2.02. The van der Waals surface area contributed by atoms with Crippen molar-refractivity contribution < 1.29 is 0 Å². The fraction of sp³-hybridized carbons (Fsp3) is 0.167. The van der Waals surface area contributed by atoms with Crippen LogP contribution in [0.2, 0.25) is 0 Å². The van der Waals surface area contributed by atoms with Crippen molar-refractivity contribution in [3.63, 3.8) is 0 Å². The van der Waals surface area contributed by atoms with Crippen LogP contribution < -0.4 is 5.56 Å². The molecule has 0 spiro atoms. The van der Waals surface area contributed by atoms with E-state index in [4.69, 9.17) is 5.26 Å². The van der Waals surface area contributed by atoms with Crippen molar-refractivity contribution in [1.82, 2.24) is 9.97 Å². The molecule has 1 heterocycles. The quantitative estimate of drug-likeness (QED) is 0.743. The van der Waals surface area contributed by atoms with Crippen LogP contribution in [0.25, 0.3) is 0 Å². The summed E-state index contributed by atoms with van der Waals surface area (Å²) in [6.07, 6.45) is 1.42. The van der Waals surface area contributed by atoms with E-state index in [-0.39, 0.29) is 12.0 Å². The van der Waals surface area contributed by atoms with Gasteiger partial charge < -0.3 is 4.98 Å². The molecule has 0 aromatic carbocycles. The van der Waals surface area contributed by atoms with Gasteiger partial charge in [-0.25, -0.2) is 4.98 Å². The summed E-state index contributed by atoms with van der Waals surface area (Å²) in [6, 6.07) is 1.91. The lowest BCUT2D eigenvalue weighted by Gasteiger charge is -1.93. The van der Waals surface area contributed by atoms with Gasteiger partial charge in [-0.3, -0.25) is 4.79 Å². The van der Waals surface area contributed by atoms with Gasteiger partial charge in [0.1, 0.15) is 4.47 Å². The Balaban J connectivity index is 3.19. The van der Waals surface area contributed by atoms with Crippen molar-refractivity contribution in [2.45, 2.75) is 6.42 Å². The lowest BCUT2D eigenvalue weighted by molar-refractivity contribution is 1.01. The third kappa shape index (κ3) is 1.65. The monoisotopic (exact) mass is 213 g/mol. The summed E-state index contributed by atoms with van der Waals surface area (Å²) in [4.78, 5) is 17.0. The number of aromatic amines is 1. The number of rotatable bonds is 1. The van der Waals surface area contributed by atoms with Gasteiger partial charge in [0.2, 0.25) is 0 Å². The number of H-pyrrole nitrogens is 1. The zero-order chi connectivity index (χ0) is 8.27. The Morgan fingerprint density at radius 3 is 3.18 bits per heavy atom. The fourth-order valence-corrected chi connectivity index (χ4v) is 0.975. The van der Waals surface area contributed by atoms with Crippen LogP contribution in [0, 0.1) is 11.3 Å². The van der Waals surface area contributed by atoms with E-state index in [9.17, 15) is 4.79 Å². The van der Waals surface area contributed by atoms with E-state index >= 15 is 0 Å². The highest BCUT2D eigenvalue weighted by Crippen LogP contribution is 2.06. The number of nitrogens with zero attached hydrogens (tertiary/aromatic N) is 2. The van der Waals surface area contributed by atoms with Crippen molar-refractivity contribution in [3.05, 3.63) is 26.8 Å². The van der Waals surface area contributed by atoms with E-state index < -0.39 is 0 Å². The van der Waals surface area contributed by atoms with Crippen molar-refractivity contribution in [2.24, 2.45) is 0 Å². The second kappa shape index (κ2) is 3.30. The van der Waals surface area contributed by atoms with Gasteiger partial charge >= 0.3 is 0 Å². The Morgan fingerprint density at radius 1 is 1.82 bits per heavy atom. The largest absolute Gasteiger partial charge is 0.312 e. The molecule has 0 aliphatic rings.